The number of allylic oxidation sites excluding steroid dienone is 1. The zero-order valence-electron chi connectivity index (χ0n) is 58.2. The summed E-state index contributed by atoms with van der Waals surface area (Å²) in [6.45, 7) is 4.38. The van der Waals surface area contributed by atoms with Crippen LogP contribution in [0.5, 0.6) is 0 Å². The molecule has 1 fully saturated rings. The van der Waals surface area contributed by atoms with E-state index in [1.165, 1.54) is 327 Å². The first kappa shape index (κ1) is 84.4. The number of aliphatic hydroxyl groups is 5. The van der Waals surface area contributed by atoms with E-state index < -0.39 is 49.5 Å². The summed E-state index contributed by atoms with van der Waals surface area (Å²) in [6.07, 6.45) is 74.0. The van der Waals surface area contributed by atoms with Gasteiger partial charge in [-0.05, 0) is 32.1 Å². The third-order valence-electron chi connectivity index (χ3n) is 18.9. The minimum Gasteiger partial charge on any atom is -0.466 e. The zero-order chi connectivity index (χ0) is 63.7. The Hall–Kier alpha value is -1.60. The highest BCUT2D eigenvalue weighted by molar-refractivity contribution is 5.76. The third-order valence-corrected chi connectivity index (χ3v) is 18.9. The van der Waals surface area contributed by atoms with Gasteiger partial charge in [0, 0.05) is 12.8 Å². The van der Waals surface area contributed by atoms with Gasteiger partial charge >= 0.3 is 5.97 Å². The quantitative estimate of drug-likeness (QED) is 0.0195. The van der Waals surface area contributed by atoms with Gasteiger partial charge in [0.25, 0.3) is 0 Å². The SMILES string of the molecule is CCCCCCCCC/C=C/C(O)C(COC1OC(CO)C(O)C(O)C1O)NC(=O)CCCCCCCCCCCCCCCCCCCCCCCCCCCCCCCCCCCCCOC(=O)CCCCCCCCCCCCCCCCCC. The highest BCUT2D eigenvalue weighted by Gasteiger charge is 2.44. The number of amides is 1. The smallest absolute Gasteiger partial charge is 0.305 e. The monoisotopic (exact) mass is 1250 g/mol. The van der Waals surface area contributed by atoms with Crippen molar-refractivity contribution in [3.05, 3.63) is 12.2 Å². The molecule has 88 heavy (non-hydrogen) atoms. The van der Waals surface area contributed by atoms with Crippen LogP contribution in [-0.4, -0.2) is 100 Å². The molecule has 11 heteroatoms. The predicted molar refractivity (Wildman–Crippen MR) is 371 cm³/mol. The summed E-state index contributed by atoms with van der Waals surface area (Å²) < 4.78 is 16.7. The van der Waals surface area contributed by atoms with Crippen LogP contribution in [0.1, 0.15) is 406 Å². The van der Waals surface area contributed by atoms with E-state index in [1.807, 2.05) is 6.08 Å². The molecule has 6 N–H and O–H groups in total. The first-order valence-electron chi connectivity index (χ1n) is 39.0. The Morgan fingerprint density at radius 2 is 0.716 bits per heavy atom. The average Bonchev–Trinajstić information content (AvgIpc) is 3.48. The number of rotatable bonds is 70. The molecule has 0 saturated carbocycles. The highest BCUT2D eigenvalue weighted by Crippen LogP contribution is 2.24. The van der Waals surface area contributed by atoms with Crippen molar-refractivity contribution < 1.29 is 49.3 Å². The molecule has 0 radical (unpaired) electrons. The van der Waals surface area contributed by atoms with Crippen LogP contribution >= 0.6 is 0 Å². The van der Waals surface area contributed by atoms with E-state index in [2.05, 4.69) is 19.2 Å². The second-order valence-electron chi connectivity index (χ2n) is 27.4. The molecule has 11 nitrogen and oxygen atoms in total. The minimum absolute atomic E-state index is 0.0204. The van der Waals surface area contributed by atoms with E-state index in [9.17, 15) is 35.1 Å². The van der Waals surface area contributed by atoms with Gasteiger partial charge in [-0.3, -0.25) is 9.59 Å². The average molecular weight is 1250 g/mol. The van der Waals surface area contributed by atoms with Crippen molar-refractivity contribution in [2.24, 2.45) is 0 Å². The second kappa shape index (κ2) is 66.8. The van der Waals surface area contributed by atoms with Gasteiger partial charge in [0.15, 0.2) is 6.29 Å². The summed E-state index contributed by atoms with van der Waals surface area (Å²) in [7, 11) is 0. The molecular weight excluding hydrogens is 1100 g/mol. The fourth-order valence-corrected chi connectivity index (χ4v) is 12.8. The first-order chi connectivity index (χ1) is 43.2. The van der Waals surface area contributed by atoms with E-state index in [0.29, 0.717) is 19.4 Å². The lowest BCUT2D eigenvalue weighted by Gasteiger charge is -2.40. The summed E-state index contributed by atoms with van der Waals surface area (Å²) in [6, 6.07) is -0.804. The lowest BCUT2D eigenvalue weighted by atomic mass is 9.99. The van der Waals surface area contributed by atoms with Crippen LogP contribution in [0.3, 0.4) is 0 Å². The maximum Gasteiger partial charge on any atom is 0.305 e. The maximum atomic E-state index is 13.0. The summed E-state index contributed by atoms with van der Waals surface area (Å²) in [5.41, 5.74) is 0. The molecular formula is C77H149NO10. The van der Waals surface area contributed by atoms with Crippen molar-refractivity contribution in [1.29, 1.82) is 0 Å². The van der Waals surface area contributed by atoms with Gasteiger partial charge < -0.3 is 45.1 Å². The Labute approximate surface area is 544 Å². The van der Waals surface area contributed by atoms with E-state index in [-0.39, 0.29) is 18.5 Å². The van der Waals surface area contributed by atoms with E-state index in [4.69, 9.17) is 14.2 Å². The number of aliphatic hydroxyl groups excluding tert-OH is 5. The van der Waals surface area contributed by atoms with E-state index in [1.54, 1.807) is 6.08 Å². The topological polar surface area (TPSA) is 175 Å². The summed E-state index contributed by atoms with van der Waals surface area (Å²) in [5, 5.41) is 54.3. The number of hydrogen-bond donors (Lipinski definition) is 6. The van der Waals surface area contributed by atoms with Crippen molar-refractivity contribution in [1.82, 2.24) is 5.32 Å². The maximum absolute atomic E-state index is 13.0. The highest BCUT2D eigenvalue weighted by atomic mass is 16.7. The lowest BCUT2D eigenvalue weighted by molar-refractivity contribution is -0.302. The summed E-state index contributed by atoms with van der Waals surface area (Å²) in [5.74, 6) is -0.156. The van der Waals surface area contributed by atoms with Crippen molar-refractivity contribution >= 4 is 11.9 Å². The van der Waals surface area contributed by atoms with Crippen molar-refractivity contribution in [2.75, 3.05) is 19.8 Å². The summed E-state index contributed by atoms with van der Waals surface area (Å²) in [4.78, 5) is 25.1. The number of carbonyl (C=O) groups excluding carboxylic acids is 2. The molecule has 0 spiro atoms. The van der Waals surface area contributed by atoms with Gasteiger partial charge in [0.2, 0.25) is 5.91 Å². The fraction of sp³-hybridized carbons (Fsp3) is 0.948. The molecule has 0 bridgehead atoms. The molecule has 1 saturated heterocycles. The predicted octanol–water partition coefficient (Wildman–Crippen LogP) is 20.6. The van der Waals surface area contributed by atoms with E-state index >= 15 is 0 Å². The molecule has 0 aromatic heterocycles. The molecule has 1 amide bonds. The number of nitrogens with one attached hydrogen (secondary N) is 1. The molecule has 522 valence electrons. The van der Waals surface area contributed by atoms with Crippen LogP contribution in [0.2, 0.25) is 0 Å². The van der Waals surface area contributed by atoms with Crippen molar-refractivity contribution in [3.8, 4) is 0 Å². The van der Waals surface area contributed by atoms with Crippen molar-refractivity contribution in [2.45, 2.75) is 448 Å². The Bertz CT molecular complexity index is 1460. The Morgan fingerprint density at radius 3 is 1.06 bits per heavy atom. The van der Waals surface area contributed by atoms with Gasteiger partial charge in [-0.2, -0.15) is 0 Å². The molecule has 1 heterocycles. The molecule has 0 aromatic carbocycles. The normalized spacial score (nSPS) is 17.7. The van der Waals surface area contributed by atoms with Crippen LogP contribution in [0.15, 0.2) is 12.2 Å². The molecule has 7 atom stereocenters. The standard InChI is InChI=1S/C77H149NO10/c1-3-5-7-9-11-13-14-15-16-39-42-45-49-53-57-61-65-73(82)86-66-62-58-54-50-46-43-40-37-35-33-31-29-27-25-23-21-19-17-18-20-22-24-26-28-30-32-34-36-38-41-44-48-52-56-60-64-72(81)78-69(70(80)63-59-55-51-47-12-10-8-6-4-2)68-87-77-76(85)75(84)74(83)71(67-79)88-77/h59,63,69-71,74-77,79-80,83-85H,3-58,60-62,64-68H2,1-2H3,(H,78,81)/b63-59+. The van der Waals surface area contributed by atoms with Crippen molar-refractivity contribution in [3.63, 3.8) is 0 Å². The lowest BCUT2D eigenvalue weighted by Crippen LogP contribution is -2.60. The largest absolute Gasteiger partial charge is 0.466 e. The molecule has 0 aliphatic carbocycles. The van der Waals surface area contributed by atoms with Gasteiger partial charge in [0.05, 0.1) is 32.0 Å². The molecule has 1 rings (SSSR count). The second-order valence-corrected chi connectivity index (χ2v) is 27.4. The minimum atomic E-state index is -1.57. The molecule has 7 unspecified atom stereocenters. The number of unbranched alkanes of at least 4 members (excludes halogenated alkanes) is 56. The Balaban J connectivity index is 1.84. The molecule has 1 aliphatic heterocycles. The van der Waals surface area contributed by atoms with E-state index in [0.717, 1.165) is 51.4 Å². The Kier molecular flexibility index (Phi) is 64.1. The number of ether oxygens (including phenoxy) is 3. The summed E-state index contributed by atoms with van der Waals surface area (Å²) >= 11 is 0. The van der Waals surface area contributed by atoms with Crippen LogP contribution in [0.25, 0.3) is 0 Å². The molecule has 1 aliphatic rings. The first-order valence-corrected chi connectivity index (χ1v) is 39.0. The Morgan fingerprint density at radius 1 is 0.409 bits per heavy atom. The number of hydrogen-bond acceptors (Lipinski definition) is 10. The fourth-order valence-electron chi connectivity index (χ4n) is 12.8. The number of carbonyl (C=O) groups is 2. The van der Waals surface area contributed by atoms with Crippen LogP contribution in [0, 0.1) is 0 Å². The third kappa shape index (κ3) is 54.9. The van der Waals surface area contributed by atoms with Crippen LogP contribution in [-0.2, 0) is 23.8 Å². The zero-order valence-corrected chi connectivity index (χ0v) is 58.2. The van der Waals surface area contributed by atoms with Crippen LogP contribution in [0.4, 0.5) is 0 Å². The van der Waals surface area contributed by atoms with Gasteiger partial charge in [-0.1, -0.05) is 373 Å². The molecule has 0 aromatic rings. The van der Waals surface area contributed by atoms with Gasteiger partial charge in [-0.15, -0.1) is 0 Å². The van der Waals surface area contributed by atoms with Gasteiger partial charge in [-0.25, -0.2) is 0 Å². The van der Waals surface area contributed by atoms with Crippen LogP contribution < -0.4 is 5.32 Å². The van der Waals surface area contributed by atoms with Gasteiger partial charge in [0.1, 0.15) is 24.4 Å². The number of esters is 1.